The largest absolute Gasteiger partial charge is 0.365 e. The third kappa shape index (κ3) is 5.73. The van der Waals surface area contributed by atoms with Crippen molar-refractivity contribution in [1.29, 1.82) is 0 Å². The van der Waals surface area contributed by atoms with E-state index in [9.17, 15) is 9.59 Å². The Labute approximate surface area is 241 Å². The first kappa shape index (κ1) is 28.8. The van der Waals surface area contributed by atoms with Gasteiger partial charge in [0.2, 0.25) is 0 Å². The molecule has 2 atom stereocenters. The summed E-state index contributed by atoms with van der Waals surface area (Å²) in [5, 5.41) is 0. The molecule has 0 fully saturated rings. The van der Waals surface area contributed by atoms with Crippen LogP contribution in [-0.4, -0.2) is 31.8 Å². The van der Waals surface area contributed by atoms with Gasteiger partial charge < -0.3 is 15.7 Å². The molecule has 7 N–H and O–H groups in total. The molecule has 9 nitrogen and oxygen atoms in total. The number of pyridine rings is 2. The molecule has 4 aromatic rings. The number of nitrogens with two attached hydrogens (primary N) is 2. The molecule has 0 saturated heterocycles. The summed E-state index contributed by atoms with van der Waals surface area (Å²) in [5.74, 6) is 5.84. The highest BCUT2D eigenvalue weighted by molar-refractivity contribution is 6.05. The molecule has 0 aromatic carbocycles. The Morgan fingerprint density at radius 1 is 0.805 bits per heavy atom. The van der Waals surface area contributed by atoms with E-state index in [2.05, 4.69) is 74.1 Å². The minimum atomic E-state index is -0.424. The van der Waals surface area contributed by atoms with E-state index < -0.39 is 5.91 Å². The summed E-state index contributed by atoms with van der Waals surface area (Å²) in [6.45, 7) is 13.8. The predicted octanol–water partition coefficient (Wildman–Crippen LogP) is 5.13. The van der Waals surface area contributed by atoms with Gasteiger partial charge in [-0.05, 0) is 84.5 Å². The van der Waals surface area contributed by atoms with Crippen molar-refractivity contribution in [2.75, 3.05) is 0 Å². The van der Waals surface area contributed by atoms with Crippen LogP contribution in [0, 0.1) is 22.7 Å². The number of aromatic amines is 2. The first-order valence-corrected chi connectivity index (χ1v) is 14.6. The van der Waals surface area contributed by atoms with Crippen LogP contribution < -0.4 is 17.0 Å². The molecule has 4 heterocycles. The Morgan fingerprint density at radius 3 is 1.66 bits per heavy atom. The van der Waals surface area contributed by atoms with Crippen LogP contribution >= 0.6 is 0 Å². The average molecular weight is 558 g/mol. The Bertz CT molecular complexity index is 1620. The predicted molar refractivity (Wildman–Crippen MR) is 162 cm³/mol. The minimum absolute atomic E-state index is 0.308. The number of hydrogen-bond acceptors (Lipinski definition) is 5. The van der Waals surface area contributed by atoms with Crippen LogP contribution in [0.4, 0.5) is 0 Å². The van der Waals surface area contributed by atoms with Crippen LogP contribution in [0.25, 0.3) is 22.1 Å². The van der Waals surface area contributed by atoms with E-state index in [1.54, 1.807) is 12.4 Å². The molecule has 2 aliphatic carbocycles. The Morgan fingerprint density at radius 2 is 1.24 bits per heavy atom. The zero-order valence-corrected chi connectivity index (χ0v) is 25.1. The lowest BCUT2D eigenvalue weighted by Crippen LogP contribution is -2.30. The highest BCUT2D eigenvalue weighted by Gasteiger charge is 2.31. The molecule has 6 rings (SSSR count). The van der Waals surface area contributed by atoms with Gasteiger partial charge in [-0.25, -0.2) is 5.84 Å². The van der Waals surface area contributed by atoms with Gasteiger partial charge in [0.15, 0.2) is 0 Å². The second-order valence-corrected chi connectivity index (χ2v) is 13.8. The zero-order valence-electron chi connectivity index (χ0n) is 25.1. The van der Waals surface area contributed by atoms with E-state index in [0.29, 0.717) is 44.8 Å². The van der Waals surface area contributed by atoms with E-state index in [4.69, 9.17) is 16.6 Å². The highest BCUT2D eigenvalue weighted by Crippen LogP contribution is 2.39. The number of hydrogen-bond donors (Lipinski definition) is 5. The van der Waals surface area contributed by atoms with Crippen LogP contribution in [0.5, 0.6) is 0 Å². The van der Waals surface area contributed by atoms with E-state index in [1.165, 1.54) is 11.1 Å². The third-order valence-electron chi connectivity index (χ3n) is 9.12. The number of nitrogens with one attached hydrogen (secondary N) is 3. The molecular weight excluding hydrogens is 514 g/mol. The van der Waals surface area contributed by atoms with Gasteiger partial charge in [0, 0.05) is 23.8 Å². The highest BCUT2D eigenvalue weighted by atomic mass is 16.2. The fraction of sp³-hybridized carbons (Fsp3) is 0.500. The van der Waals surface area contributed by atoms with Gasteiger partial charge in [-0.3, -0.25) is 25.0 Å². The number of amides is 2. The second-order valence-electron chi connectivity index (χ2n) is 13.8. The molecule has 4 aromatic heterocycles. The lowest BCUT2D eigenvalue weighted by atomic mass is 9.71. The summed E-state index contributed by atoms with van der Waals surface area (Å²) in [7, 11) is 0. The molecule has 9 heteroatoms. The lowest BCUT2D eigenvalue weighted by Gasteiger charge is -2.34. The SMILES string of the molecule is CC(C)(C)C1CCc2nc3c(C(=O)NN)c[nH]c3cc2C1.CC(C)(C)C1CCc2nc3c(C(N)=O)c[nH]c3cc2C1. The second kappa shape index (κ2) is 10.6. The fourth-order valence-electron chi connectivity index (χ4n) is 6.31. The van der Waals surface area contributed by atoms with Gasteiger partial charge in [-0.1, -0.05) is 41.5 Å². The van der Waals surface area contributed by atoms with Gasteiger partial charge in [0.25, 0.3) is 11.8 Å². The normalized spacial score (nSPS) is 18.8. The molecule has 218 valence electrons. The van der Waals surface area contributed by atoms with Crippen molar-refractivity contribution in [2.24, 2.45) is 34.2 Å². The molecule has 2 aliphatic rings. The number of nitrogen functional groups attached to an aromatic ring is 1. The quantitative estimate of drug-likeness (QED) is 0.131. The van der Waals surface area contributed by atoms with Gasteiger partial charge in [-0.15, -0.1) is 0 Å². The average Bonchev–Trinajstić information content (AvgIpc) is 3.52. The summed E-state index contributed by atoms with van der Waals surface area (Å²) in [5.41, 5.74) is 17.3. The number of aryl methyl sites for hydroxylation is 2. The molecule has 0 aliphatic heterocycles. The van der Waals surface area contributed by atoms with Crippen LogP contribution in [0.2, 0.25) is 0 Å². The maximum Gasteiger partial charge on any atom is 0.268 e. The molecule has 2 amide bonds. The Kier molecular flexibility index (Phi) is 7.44. The molecule has 0 spiro atoms. The van der Waals surface area contributed by atoms with Gasteiger partial charge >= 0.3 is 0 Å². The Hall–Kier alpha value is -3.72. The first-order chi connectivity index (χ1) is 19.3. The molecule has 0 saturated carbocycles. The fourth-order valence-corrected chi connectivity index (χ4v) is 6.31. The number of aromatic nitrogens is 4. The minimum Gasteiger partial charge on any atom is -0.365 e. The van der Waals surface area contributed by atoms with E-state index >= 15 is 0 Å². The van der Waals surface area contributed by atoms with Crippen LogP contribution in [0.1, 0.15) is 97.6 Å². The standard InChI is InChI=1S/C16H22N4O.C16H21N3O/c1-16(2,3)10-4-5-12-9(6-10)7-13-14(19-12)11(8-18-13)15(21)20-17;1-16(2,3)10-4-5-12-9(6-10)7-13-14(19-12)11(8-18-13)15(17)20/h7-8,10,18H,4-6,17H2,1-3H3,(H,20,21);7-8,10,18H,4-6H2,1-3H3,(H2,17,20). The molecular formula is C32H43N7O2. The number of hydrazine groups is 1. The van der Waals surface area contributed by atoms with Crippen molar-refractivity contribution in [3.05, 3.63) is 58.2 Å². The van der Waals surface area contributed by atoms with E-state index in [0.717, 1.165) is 60.9 Å². The number of nitrogens with zero attached hydrogens (tertiary/aromatic N) is 2. The number of fused-ring (bicyclic) bond motifs is 4. The maximum absolute atomic E-state index is 11.7. The van der Waals surface area contributed by atoms with Crippen LogP contribution in [-0.2, 0) is 25.7 Å². The summed E-state index contributed by atoms with van der Waals surface area (Å²) >= 11 is 0. The summed E-state index contributed by atoms with van der Waals surface area (Å²) in [6.07, 6.45) is 9.72. The third-order valence-corrected chi connectivity index (χ3v) is 9.12. The number of carbonyl (C=O) groups excluding carboxylic acids is 2. The summed E-state index contributed by atoms with van der Waals surface area (Å²) in [4.78, 5) is 38.8. The molecule has 0 bridgehead atoms. The Balaban J connectivity index is 0.000000165. The summed E-state index contributed by atoms with van der Waals surface area (Å²) < 4.78 is 0. The van der Waals surface area contributed by atoms with Crippen molar-refractivity contribution < 1.29 is 9.59 Å². The molecule has 41 heavy (non-hydrogen) atoms. The number of primary amides is 1. The van der Waals surface area contributed by atoms with Crippen molar-refractivity contribution in [3.8, 4) is 0 Å². The van der Waals surface area contributed by atoms with Gasteiger partial charge in [0.05, 0.1) is 22.2 Å². The van der Waals surface area contributed by atoms with E-state index in [1.807, 2.05) is 0 Å². The molecule has 2 unspecified atom stereocenters. The van der Waals surface area contributed by atoms with Crippen molar-refractivity contribution in [1.82, 2.24) is 25.4 Å². The van der Waals surface area contributed by atoms with Crippen molar-refractivity contribution in [2.45, 2.75) is 80.1 Å². The lowest BCUT2D eigenvalue weighted by molar-refractivity contribution is 0.0953. The van der Waals surface area contributed by atoms with Crippen LogP contribution in [0.3, 0.4) is 0 Å². The smallest absolute Gasteiger partial charge is 0.268 e. The van der Waals surface area contributed by atoms with Crippen LogP contribution in [0.15, 0.2) is 24.5 Å². The zero-order chi connectivity index (χ0) is 29.7. The monoisotopic (exact) mass is 557 g/mol. The summed E-state index contributed by atoms with van der Waals surface area (Å²) in [6, 6.07) is 4.28. The van der Waals surface area contributed by atoms with Gasteiger partial charge in [0.1, 0.15) is 11.0 Å². The number of rotatable bonds is 2. The number of carbonyl (C=O) groups is 2. The molecule has 0 radical (unpaired) electrons. The van der Waals surface area contributed by atoms with Crippen molar-refractivity contribution >= 4 is 33.9 Å². The topological polar surface area (TPSA) is 156 Å². The maximum atomic E-state index is 11.7. The number of H-pyrrole nitrogens is 2. The van der Waals surface area contributed by atoms with Crippen molar-refractivity contribution in [3.63, 3.8) is 0 Å². The first-order valence-electron chi connectivity index (χ1n) is 14.6. The van der Waals surface area contributed by atoms with Gasteiger partial charge in [-0.2, -0.15) is 0 Å². The van der Waals surface area contributed by atoms with E-state index in [-0.39, 0.29) is 5.91 Å².